The fourth-order valence-electron chi connectivity index (χ4n) is 2.71. The third-order valence-corrected chi connectivity index (χ3v) is 4.10. The molecule has 23 heavy (non-hydrogen) atoms. The van der Waals surface area contributed by atoms with Crippen molar-refractivity contribution in [1.82, 2.24) is 9.97 Å². The van der Waals surface area contributed by atoms with Crippen molar-refractivity contribution in [3.8, 4) is 11.5 Å². The van der Waals surface area contributed by atoms with Crippen LogP contribution in [0.25, 0.3) is 10.9 Å². The fraction of sp³-hybridized carbons (Fsp3) is 0.125. The standard InChI is InChI=1S/C16H12ClN3O3/c17-9-2-3-10-14(15(9)18)11(20-16(21)19-10)5-8-1-4-12-13(6-8)23-7-22-12/h1-4,6H,5,7,18H2,(H,19,20,21). The third-order valence-electron chi connectivity index (χ3n) is 3.77. The van der Waals surface area contributed by atoms with Crippen molar-refractivity contribution in [2.45, 2.75) is 6.42 Å². The molecule has 3 aromatic rings. The molecule has 0 spiro atoms. The van der Waals surface area contributed by atoms with Crippen LogP contribution in [0.1, 0.15) is 11.3 Å². The van der Waals surface area contributed by atoms with Crippen LogP contribution in [0, 0.1) is 0 Å². The van der Waals surface area contributed by atoms with Gasteiger partial charge in [0.25, 0.3) is 0 Å². The Morgan fingerprint density at radius 2 is 2.04 bits per heavy atom. The van der Waals surface area contributed by atoms with Gasteiger partial charge in [-0.25, -0.2) is 4.79 Å². The molecule has 116 valence electrons. The van der Waals surface area contributed by atoms with E-state index in [1.807, 2.05) is 18.2 Å². The Morgan fingerprint density at radius 1 is 1.22 bits per heavy atom. The zero-order valence-corrected chi connectivity index (χ0v) is 12.7. The topological polar surface area (TPSA) is 90.2 Å². The van der Waals surface area contributed by atoms with E-state index in [2.05, 4.69) is 9.97 Å². The lowest BCUT2D eigenvalue weighted by molar-refractivity contribution is 0.174. The van der Waals surface area contributed by atoms with Crippen molar-refractivity contribution in [3.05, 3.63) is 57.1 Å². The predicted octanol–water partition coefficient (Wildman–Crippen LogP) is 2.48. The average Bonchev–Trinajstić information content (AvgIpc) is 2.98. The van der Waals surface area contributed by atoms with Gasteiger partial charge in [-0.1, -0.05) is 17.7 Å². The van der Waals surface area contributed by atoms with Gasteiger partial charge in [-0.05, 0) is 29.8 Å². The van der Waals surface area contributed by atoms with Crippen LogP contribution in [0.15, 0.2) is 35.1 Å². The number of aromatic nitrogens is 2. The Bertz CT molecular complexity index is 984. The first-order valence-electron chi connectivity index (χ1n) is 6.97. The maximum atomic E-state index is 11.8. The molecule has 7 heteroatoms. The van der Waals surface area contributed by atoms with E-state index in [-0.39, 0.29) is 6.79 Å². The second kappa shape index (κ2) is 5.17. The summed E-state index contributed by atoms with van der Waals surface area (Å²) in [5, 5.41) is 1.09. The molecule has 2 heterocycles. The first-order valence-corrected chi connectivity index (χ1v) is 7.35. The number of ether oxygens (including phenoxy) is 2. The minimum Gasteiger partial charge on any atom is -0.454 e. The number of H-pyrrole nitrogens is 1. The highest BCUT2D eigenvalue weighted by molar-refractivity contribution is 6.34. The number of nitrogens with two attached hydrogens (primary N) is 1. The number of anilines is 1. The van der Waals surface area contributed by atoms with E-state index in [1.165, 1.54) is 0 Å². The van der Waals surface area contributed by atoms with Crippen molar-refractivity contribution in [3.63, 3.8) is 0 Å². The zero-order valence-electron chi connectivity index (χ0n) is 11.9. The Hall–Kier alpha value is -2.73. The van der Waals surface area contributed by atoms with Crippen LogP contribution in [-0.4, -0.2) is 16.8 Å². The highest BCUT2D eigenvalue weighted by atomic mass is 35.5. The smallest absolute Gasteiger partial charge is 0.345 e. The molecule has 0 saturated heterocycles. The maximum absolute atomic E-state index is 11.8. The summed E-state index contributed by atoms with van der Waals surface area (Å²) < 4.78 is 10.7. The van der Waals surface area contributed by atoms with Gasteiger partial charge in [-0.15, -0.1) is 0 Å². The molecule has 0 fully saturated rings. The molecule has 0 aliphatic carbocycles. The number of nitrogens with zero attached hydrogens (tertiary/aromatic N) is 1. The van der Waals surface area contributed by atoms with Crippen LogP contribution in [0.5, 0.6) is 11.5 Å². The molecule has 3 N–H and O–H groups in total. The molecule has 1 aliphatic rings. The Labute approximate surface area is 135 Å². The summed E-state index contributed by atoms with van der Waals surface area (Å²) in [6.07, 6.45) is 0.468. The van der Waals surface area contributed by atoms with E-state index in [9.17, 15) is 4.79 Å². The minimum atomic E-state index is -0.421. The highest BCUT2D eigenvalue weighted by Gasteiger charge is 2.15. The van der Waals surface area contributed by atoms with E-state index in [1.54, 1.807) is 12.1 Å². The van der Waals surface area contributed by atoms with Gasteiger partial charge >= 0.3 is 5.69 Å². The van der Waals surface area contributed by atoms with Crippen LogP contribution in [0.3, 0.4) is 0 Å². The van der Waals surface area contributed by atoms with Gasteiger partial charge < -0.3 is 20.2 Å². The molecular formula is C16H12ClN3O3. The summed E-state index contributed by atoms with van der Waals surface area (Å²) in [5.74, 6) is 1.40. The molecule has 6 nitrogen and oxygen atoms in total. The molecule has 0 unspecified atom stereocenters. The van der Waals surface area contributed by atoms with Crippen molar-refractivity contribution in [2.75, 3.05) is 12.5 Å². The first-order chi connectivity index (χ1) is 11.1. The Morgan fingerprint density at radius 3 is 2.91 bits per heavy atom. The van der Waals surface area contributed by atoms with Crippen LogP contribution < -0.4 is 20.9 Å². The average molecular weight is 330 g/mol. The summed E-state index contributed by atoms with van der Waals surface area (Å²) in [5.41, 5.74) is 8.20. The van der Waals surface area contributed by atoms with Crippen molar-refractivity contribution >= 4 is 28.2 Å². The normalized spacial score (nSPS) is 12.7. The van der Waals surface area contributed by atoms with Crippen molar-refractivity contribution in [2.24, 2.45) is 0 Å². The van der Waals surface area contributed by atoms with Crippen LogP contribution >= 0.6 is 11.6 Å². The largest absolute Gasteiger partial charge is 0.454 e. The monoisotopic (exact) mass is 329 g/mol. The van der Waals surface area contributed by atoms with E-state index in [0.717, 1.165) is 5.56 Å². The number of nitrogen functional groups attached to an aromatic ring is 1. The van der Waals surface area contributed by atoms with Crippen LogP contribution in [-0.2, 0) is 6.42 Å². The molecule has 0 atom stereocenters. The molecular weight excluding hydrogens is 318 g/mol. The number of hydrogen-bond donors (Lipinski definition) is 2. The van der Waals surface area contributed by atoms with Crippen LogP contribution in [0.4, 0.5) is 5.69 Å². The van der Waals surface area contributed by atoms with Crippen molar-refractivity contribution < 1.29 is 9.47 Å². The molecule has 0 amide bonds. The van der Waals surface area contributed by atoms with E-state index in [0.29, 0.717) is 45.2 Å². The Balaban J connectivity index is 1.85. The number of halogens is 1. The van der Waals surface area contributed by atoms with Gasteiger partial charge in [0.1, 0.15) is 0 Å². The lowest BCUT2D eigenvalue weighted by atomic mass is 10.0. The number of benzene rings is 2. The molecule has 4 rings (SSSR count). The van der Waals surface area contributed by atoms with Gasteiger partial charge in [0.2, 0.25) is 6.79 Å². The number of hydrogen-bond acceptors (Lipinski definition) is 5. The first kappa shape index (κ1) is 13.9. The summed E-state index contributed by atoms with van der Waals surface area (Å²) in [6, 6.07) is 8.96. The number of nitrogens with one attached hydrogen (secondary N) is 1. The van der Waals surface area contributed by atoms with Gasteiger partial charge in [0.15, 0.2) is 11.5 Å². The zero-order chi connectivity index (χ0) is 16.0. The quantitative estimate of drug-likeness (QED) is 0.705. The van der Waals surface area contributed by atoms with E-state index < -0.39 is 5.69 Å². The molecule has 2 aromatic carbocycles. The molecule has 1 aromatic heterocycles. The van der Waals surface area contributed by atoms with Gasteiger partial charge in [0.05, 0.1) is 16.2 Å². The third kappa shape index (κ3) is 2.37. The fourth-order valence-corrected chi connectivity index (χ4v) is 2.87. The SMILES string of the molecule is Nc1c(Cl)ccc2nc(=O)[nH]c(Cc3ccc4c(c3)OCO4)c12. The Kier molecular flexibility index (Phi) is 3.12. The minimum absolute atomic E-state index is 0.219. The maximum Gasteiger partial charge on any atom is 0.345 e. The summed E-state index contributed by atoms with van der Waals surface area (Å²) in [4.78, 5) is 18.5. The summed E-state index contributed by atoms with van der Waals surface area (Å²) in [6.45, 7) is 0.219. The van der Waals surface area contributed by atoms with E-state index in [4.69, 9.17) is 26.8 Å². The van der Waals surface area contributed by atoms with Crippen LogP contribution in [0.2, 0.25) is 5.02 Å². The second-order valence-electron chi connectivity index (χ2n) is 5.24. The van der Waals surface area contributed by atoms with Crippen molar-refractivity contribution in [1.29, 1.82) is 0 Å². The van der Waals surface area contributed by atoms with Gasteiger partial charge in [0, 0.05) is 17.5 Å². The van der Waals surface area contributed by atoms with Gasteiger partial charge in [-0.2, -0.15) is 4.98 Å². The lowest BCUT2D eigenvalue weighted by Crippen LogP contribution is -2.14. The number of rotatable bonds is 2. The molecule has 0 radical (unpaired) electrons. The number of aromatic amines is 1. The second-order valence-corrected chi connectivity index (χ2v) is 5.65. The molecule has 1 aliphatic heterocycles. The number of fused-ring (bicyclic) bond motifs is 2. The van der Waals surface area contributed by atoms with E-state index >= 15 is 0 Å². The summed E-state index contributed by atoms with van der Waals surface area (Å²) >= 11 is 6.10. The van der Waals surface area contributed by atoms with Gasteiger partial charge in [-0.3, -0.25) is 0 Å². The highest BCUT2D eigenvalue weighted by Crippen LogP contribution is 2.34. The molecule has 0 bridgehead atoms. The summed E-state index contributed by atoms with van der Waals surface area (Å²) in [7, 11) is 0. The predicted molar refractivity (Wildman–Crippen MR) is 87.2 cm³/mol. The molecule has 0 saturated carbocycles. The lowest BCUT2D eigenvalue weighted by Gasteiger charge is -2.10.